The van der Waals surface area contributed by atoms with Gasteiger partial charge in [0.1, 0.15) is 11.9 Å². The molecule has 0 saturated carbocycles. The van der Waals surface area contributed by atoms with Crippen molar-refractivity contribution in [2.45, 2.75) is 45.3 Å². The first-order valence-electron chi connectivity index (χ1n) is 6.13. The highest BCUT2D eigenvalue weighted by Gasteiger charge is 2.27. The van der Waals surface area contributed by atoms with Gasteiger partial charge in [0, 0.05) is 0 Å². The number of benzene rings is 1. The third-order valence-electron chi connectivity index (χ3n) is 2.82. The lowest BCUT2D eigenvalue weighted by Gasteiger charge is -2.19. The average Bonchev–Trinajstić information content (AvgIpc) is 2.35. The Labute approximate surface area is 107 Å². The first-order chi connectivity index (χ1) is 8.45. The summed E-state index contributed by atoms with van der Waals surface area (Å²) >= 11 is 0. The number of hydrogen-bond acceptors (Lipinski definition) is 3. The Morgan fingerprint density at radius 2 is 1.83 bits per heavy atom. The number of rotatable bonds is 6. The Kier molecular flexibility index (Phi) is 5.16. The van der Waals surface area contributed by atoms with Crippen molar-refractivity contribution < 1.29 is 19.7 Å². The van der Waals surface area contributed by atoms with Crippen molar-refractivity contribution in [1.29, 1.82) is 0 Å². The van der Waals surface area contributed by atoms with Crippen molar-refractivity contribution in [1.82, 2.24) is 0 Å². The molecule has 0 aliphatic carbocycles. The second kappa shape index (κ2) is 6.40. The van der Waals surface area contributed by atoms with E-state index in [2.05, 4.69) is 13.8 Å². The molecule has 0 spiro atoms. The molecule has 0 aromatic heterocycles. The fraction of sp³-hybridized carbons (Fsp3) is 0.500. The molecular weight excluding hydrogens is 232 g/mol. The number of aliphatic hydroxyl groups is 1. The van der Waals surface area contributed by atoms with Gasteiger partial charge in [-0.25, -0.2) is 4.79 Å². The molecule has 0 heterocycles. The first kappa shape index (κ1) is 14.5. The van der Waals surface area contributed by atoms with Crippen LogP contribution in [0.4, 0.5) is 0 Å². The summed E-state index contributed by atoms with van der Waals surface area (Å²) in [6.45, 7) is 5.87. The molecule has 0 radical (unpaired) electrons. The normalized spacial score (nSPS) is 14.3. The molecule has 1 aromatic rings. The van der Waals surface area contributed by atoms with Gasteiger partial charge in [-0.15, -0.1) is 0 Å². The van der Waals surface area contributed by atoms with E-state index in [0.717, 1.165) is 5.56 Å². The van der Waals surface area contributed by atoms with E-state index < -0.39 is 18.2 Å². The van der Waals surface area contributed by atoms with Crippen molar-refractivity contribution in [3.63, 3.8) is 0 Å². The van der Waals surface area contributed by atoms with Crippen LogP contribution in [0.3, 0.4) is 0 Å². The van der Waals surface area contributed by atoms with Crippen molar-refractivity contribution in [3.05, 3.63) is 29.8 Å². The minimum absolute atomic E-state index is 0.334. The van der Waals surface area contributed by atoms with Crippen LogP contribution >= 0.6 is 0 Å². The molecule has 1 rings (SSSR count). The summed E-state index contributed by atoms with van der Waals surface area (Å²) in [7, 11) is 0. The molecule has 1 aromatic carbocycles. The molecule has 2 N–H and O–H groups in total. The van der Waals surface area contributed by atoms with E-state index in [9.17, 15) is 9.90 Å². The van der Waals surface area contributed by atoms with E-state index >= 15 is 0 Å². The van der Waals surface area contributed by atoms with Crippen LogP contribution in [0.2, 0.25) is 0 Å². The van der Waals surface area contributed by atoms with Crippen molar-refractivity contribution in [2.75, 3.05) is 0 Å². The van der Waals surface area contributed by atoms with Gasteiger partial charge < -0.3 is 14.9 Å². The standard InChI is InChI=1S/C14H20O4/c1-4-12(15)13(14(16)17)18-11-7-5-10(6-8-11)9(2)3/h5-9,12-13,15H,4H2,1-3H3,(H,16,17). The molecule has 4 nitrogen and oxygen atoms in total. The molecule has 2 unspecified atom stereocenters. The Bertz CT molecular complexity index is 383. The minimum Gasteiger partial charge on any atom is -0.478 e. The SMILES string of the molecule is CCC(O)C(Oc1ccc(C(C)C)cc1)C(=O)O. The van der Waals surface area contributed by atoms with E-state index in [0.29, 0.717) is 18.1 Å². The lowest BCUT2D eigenvalue weighted by molar-refractivity contribution is -0.150. The summed E-state index contributed by atoms with van der Waals surface area (Å²) in [5.41, 5.74) is 1.16. The Balaban J connectivity index is 2.78. The second-order valence-electron chi connectivity index (χ2n) is 4.58. The highest BCUT2D eigenvalue weighted by Crippen LogP contribution is 2.20. The average molecular weight is 252 g/mol. The van der Waals surface area contributed by atoms with E-state index in [1.54, 1.807) is 19.1 Å². The van der Waals surface area contributed by atoms with E-state index in [1.807, 2.05) is 12.1 Å². The fourth-order valence-corrected chi connectivity index (χ4v) is 1.59. The Hall–Kier alpha value is -1.55. The number of carboxylic acid groups (broad SMARTS) is 1. The van der Waals surface area contributed by atoms with Gasteiger partial charge in [-0.3, -0.25) is 0 Å². The smallest absolute Gasteiger partial charge is 0.347 e. The number of aliphatic carboxylic acids is 1. The van der Waals surface area contributed by atoms with Gasteiger partial charge in [-0.05, 0) is 30.0 Å². The summed E-state index contributed by atoms with van der Waals surface area (Å²) < 4.78 is 5.31. The number of hydrogen-bond donors (Lipinski definition) is 2. The maximum absolute atomic E-state index is 11.0. The summed E-state index contributed by atoms with van der Waals surface area (Å²) in [4.78, 5) is 11.0. The fourth-order valence-electron chi connectivity index (χ4n) is 1.59. The van der Waals surface area contributed by atoms with Gasteiger partial charge in [-0.1, -0.05) is 32.9 Å². The van der Waals surface area contributed by atoms with Crippen LogP contribution in [-0.4, -0.2) is 28.4 Å². The van der Waals surface area contributed by atoms with Crippen molar-refractivity contribution in [3.8, 4) is 5.75 Å². The summed E-state index contributed by atoms with van der Waals surface area (Å²) in [6.07, 6.45) is -1.90. The number of aliphatic hydroxyl groups excluding tert-OH is 1. The van der Waals surface area contributed by atoms with Crippen LogP contribution in [0.25, 0.3) is 0 Å². The molecule has 100 valence electrons. The topological polar surface area (TPSA) is 66.8 Å². The monoisotopic (exact) mass is 252 g/mol. The molecular formula is C14H20O4. The Morgan fingerprint density at radius 3 is 2.22 bits per heavy atom. The third kappa shape index (κ3) is 3.74. The predicted octanol–water partition coefficient (Wildman–Crippen LogP) is 2.41. The molecule has 0 amide bonds. The quantitative estimate of drug-likeness (QED) is 0.816. The van der Waals surface area contributed by atoms with Crippen molar-refractivity contribution >= 4 is 5.97 Å². The van der Waals surface area contributed by atoms with Gasteiger partial charge in [0.2, 0.25) is 6.10 Å². The lowest BCUT2D eigenvalue weighted by atomic mass is 10.0. The highest BCUT2D eigenvalue weighted by molar-refractivity contribution is 5.73. The first-order valence-corrected chi connectivity index (χ1v) is 6.13. The predicted molar refractivity (Wildman–Crippen MR) is 68.9 cm³/mol. The van der Waals surface area contributed by atoms with Crippen LogP contribution in [0.5, 0.6) is 5.75 Å². The number of carboxylic acids is 1. The van der Waals surface area contributed by atoms with Crippen LogP contribution in [0, 0.1) is 0 Å². The summed E-state index contributed by atoms with van der Waals surface area (Å²) in [5.74, 6) is -0.285. The molecule has 4 heteroatoms. The Morgan fingerprint density at radius 1 is 1.28 bits per heavy atom. The van der Waals surface area contributed by atoms with Crippen LogP contribution in [0.15, 0.2) is 24.3 Å². The van der Waals surface area contributed by atoms with E-state index in [4.69, 9.17) is 9.84 Å². The summed E-state index contributed by atoms with van der Waals surface area (Å²) in [6, 6.07) is 7.26. The zero-order valence-corrected chi connectivity index (χ0v) is 11.0. The molecule has 0 saturated heterocycles. The van der Waals surface area contributed by atoms with E-state index in [1.165, 1.54) is 0 Å². The van der Waals surface area contributed by atoms with Gasteiger partial charge in [0.25, 0.3) is 0 Å². The molecule has 0 bridgehead atoms. The number of ether oxygens (including phenoxy) is 1. The van der Waals surface area contributed by atoms with Crippen LogP contribution < -0.4 is 4.74 Å². The van der Waals surface area contributed by atoms with Crippen LogP contribution in [-0.2, 0) is 4.79 Å². The lowest BCUT2D eigenvalue weighted by Crippen LogP contribution is -2.38. The summed E-state index contributed by atoms with van der Waals surface area (Å²) in [5, 5.41) is 18.6. The third-order valence-corrected chi connectivity index (χ3v) is 2.82. The molecule has 0 aliphatic heterocycles. The second-order valence-corrected chi connectivity index (χ2v) is 4.58. The number of carbonyl (C=O) groups is 1. The van der Waals surface area contributed by atoms with Crippen molar-refractivity contribution in [2.24, 2.45) is 0 Å². The van der Waals surface area contributed by atoms with Gasteiger partial charge in [0.05, 0.1) is 0 Å². The highest BCUT2D eigenvalue weighted by atomic mass is 16.5. The maximum Gasteiger partial charge on any atom is 0.347 e. The van der Waals surface area contributed by atoms with E-state index in [-0.39, 0.29) is 0 Å². The van der Waals surface area contributed by atoms with Crippen LogP contribution in [0.1, 0.15) is 38.7 Å². The molecule has 0 fully saturated rings. The molecule has 0 aliphatic rings. The zero-order valence-electron chi connectivity index (χ0n) is 11.0. The molecule has 18 heavy (non-hydrogen) atoms. The minimum atomic E-state index is -1.22. The van der Waals surface area contributed by atoms with Gasteiger partial charge in [0.15, 0.2) is 0 Å². The largest absolute Gasteiger partial charge is 0.478 e. The van der Waals surface area contributed by atoms with Gasteiger partial charge >= 0.3 is 5.97 Å². The van der Waals surface area contributed by atoms with Gasteiger partial charge in [-0.2, -0.15) is 0 Å². The maximum atomic E-state index is 11.0. The molecule has 2 atom stereocenters. The zero-order chi connectivity index (χ0) is 13.7.